The van der Waals surface area contributed by atoms with Crippen molar-refractivity contribution in [3.05, 3.63) is 42.6 Å². The van der Waals surface area contributed by atoms with Crippen LogP contribution in [0.15, 0.2) is 42.6 Å². The van der Waals surface area contributed by atoms with Crippen LogP contribution >= 0.6 is 0 Å². The first kappa shape index (κ1) is 7.86. The van der Waals surface area contributed by atoms with Crippen LogP contribution in [0.1, 0.15) is 0 Å². The molecule has 1 N–H and O–H groups in total. The van der Waals surface area contributed by atoms with E-state index in [1.807, 2.05) is 48.1 Å². The van der Waals surface area contributed by atoms with E-state index in [1.165, 1.54) is 0 Å². The summed E-state index contributed by atoms with van der Waals surface area (Å²) < 4.78 is 1.86. The molecule has 3 nitrogen and oxygen atoms in total. The van der Waals surface area contributed by atoms with Crippen molar-refractivity contribution in [2.75, 3.05) is 12.4 Å². The SMILES string of the molecule is CNc1ccnn1-c1ccccc1. The molecule has 3 heteroatoms. The van der Waals surface area contributed by atoms with E-state index in [4.69, 9.17) is 0 Å². The van der Waals surface area contributed by atoms with Crippen molar-refractivity contribution in [1.29, 1.82) is 0 Å². The summed E-state index contributed by atoms with van der Waals surface area (Å²) >= 11 is 0. The van der Waals surface area contributed by atoms with E-state index in [-0.39, 0.29) is 0 Å². The molecule has 0 bridgehead atoms. The molecule has 2 aromatic rings. The normalized spacial score (nSPS) is 9.92. The van der Waals surface area contributed by atoms with E-state index < -0.39 is 0 Å². The van der Waals surface area contributed by atoms with Gasteiger partial charge in [0, 0.05) is 13.1 Å². The van der Waals surface area contributed by atoms with Gasteiger partial charge in [0.05, 0.1) is 11.9 Å². The molecular weight excluding hydrogens is 162 g/mol. The largest absolute Gasteiger partial charge is 0.373 e. The Hall–Kier alpha value is -1.77. The lowest BCUT2D eigenvalue weighted by atomic mass is 10.3. The second kappa shape index (κ2) is 3.31. The zero-order chi connectivity index (χ0) is 9.10. The Morgan fingerprint density at radius 3 is 2.62 bits per heavy atom. The van der Waals surface area contributed by atoms with Gasteiger partial charge in [-0.3, -0.25) is 0 Å². The summed E-state index contributed by atoms with van der Waals surface area (Å²) in [5.74, 6) is 0.992. The summed E-state index contributed by atoms with van der Waals surface area (Å²) in [5, 5.41) is 7.29. The maximum absolute atomic E-state index is 4.21. The Kier molecular flexibility index (Phi) is 2.00. The topological polar surface area (TPSA) is 29.9 Å². The first-order valence-electron chi connectivity index (χ1n) is 4.19. The molecule has 66 valence electrons. The molecule has 0 unspecified atom stereocenters. The van der Waals surface area contributed by atoms with E-state index in [9.17, 15) is 0 Å². The van der Waals surface area contributed by atoms with Crippen molar-refractivity contribution in [2.45, 2.75) is 0 Å². The molecule has 0 saturated heterocycles. The van der Waals surface area contributed by atoms with Crippen LogP contribution in [0.25, 0.3) is 5.69 Å². The number of nitrogens with one attached hydrogen (secondary N) is 1. The zero-order valence-corrected chi connectivity index (χ0v) is 7.44. The third kappa shape index (κ3) is 1.40. The number of hydrogen-bond acceptors (Lipinski definition) is 2. The van der Waals surface area contributed by atoms with Crippen LogP contribution in [0.3, 0.4) is 0 Å². The van der Waals surface area contributed by atoms with Gasteiger partial charge < -0.3 is 5.32 Å². The fraction of sp³-hybridized carbons (Fsp3) is 0.100. The van der Waals surface area contributed by atoms with Crippen molar-refractivity contribution in [3.8, 4) is 5.69 Å². The van der Waals surface area contributed by atoms with Gasteiger partial charge in [0.1, 0.15) is 5.82 Å². The number of anilines is 1. The molecule has 1 aromatic heterocycles. The second-order valence-corrected chi connectivity index (χ2v) is 2.71. The third-order valence-corrected chi connectivity index (χ3v) is 1.90. The standard InChI is InChI=1S/C10H11N3/c1-11-10-7-8-12-13(10)9-5-3-2-4-6-9/h2-8,11H,1H3. The zero-order valence-electron chi connectivity index (χ0n) is 7.44. The maximum Gasteiger partial charge on any atom is 0.129 e. The van der Waals surface area contributed by atoms with Crippen LogP contribution < -0.4 is 5.32 Å². The molecule has 2 rings (SSSR count). The summed E-state index contributed by atoms with van der Waals surface area (Å²) in [7, 11) is 1.89. The Balaban J connectivity index is 2.47. The first-order chi connectivity index (χ1) is 6.42. The first-order valence-corrected chi connectivity index (χ1v) is 4.19. The van der Waals surface area contributed by atoms with Crippen molar-refractivity contribution < 1.29 is 0 Å². The van der Waals surface area contributed by atoms with Crippen LogP contribution in [-0.2, 0) is 0 Å². The molecule has 0 aliphatic rings. The van der Waals surface area contributed by atoms with Gasteiger partial charge in [-0.2, -0.15) is 5.10 Å². The average Bonchev–Trinajstić information content (AvgIpc) is 2.67. The van der Waals surface area contributed by atoms with Crippen molar-refractivity contribution in [3.63, 3.8) is 0 Å². The highest BCUT2D eigenvalue weighted by Crippen LogP contribution is 2.12. The number of rotatable bonds is 2. The number of hydrogen-bond donors (Lipinski definition) is 1. The van der Waals surface area contributed by atoms with Crippen LogP contribution in [0.4, 0.5) is 5.82 Å². The Morgan fingerprint density at radius 2 is 1.92 bits per heavy atom. The lowest BCUT2D eigenvalue weighted by molar-refractivity contribution is 0.885. The molecule has 0 amide bonds. The van der Waals surface area contributed by atoms with E-state index in [0.29, 0.717) is 0 Å². The smallest absolute Gasteiger partial charge is 0.129 e. The fourth-order valence-electron chi connectivity index (χ4n) is 1.27. The van der Waals surface area contributed by atoms with Crippen molar-refractivity contribution >= 4 is 5.82 Å². The quantitative estimate of drug-likeness (QED) is 0.751. The van der Waals surface area contributed by atoms with Gasteiger partial charge in [-0.1, -0.05) is 18.2 Å². The van der Waals surface area contributed by atoms with E-state index in [0.717, 1.165) is 11.5 Å². The molecule has 0 saturated carbocycles. The van der Waals surface area contributed by atoms with Crippen LogP contribution in [0.2, 0.25) is 0 Å². The number of para-hydroxylation sites is 1. The van der Waals surface area contributed by atoms with E-state index >= 15 is 0 Å². The van der Waals surface area contributed by atoms with Gasteiger partial charge in [-0.15, -0.1) is 0 Å². The van der Waals surface area contributed by atoms with Gasteiger partial charge in [0.15, 0.2) is 0 Å². The molecule has 0 spiro atoms. The fourth-order valence-corrected chi connectivity index (χ4v) is 1.27. The molecule has 13 heavy (non-hydrogen) atoms. The molecule has 0 aliphatic carbocycles. The predicted molar refractivity (Wildman–Crippen MR) is 53.1 cm³/mol. The van der Waals surface area contributed by atoms with Gasteiger partial charge in [-0.05, 0) is 12.1 Å². The van der Waals surface area contributed by atoms with Crippen molar-refractivity contribution in [1.82, 2.24) is 9.78 Å². The van der Waals surface area contributed by atoms with Gasteiger partial charge in [-0.25, -0.2) is 4.68 Å². The third-order valence-electron chi connectivity index (χ3n) is 1.90. The minimum Gasteiger partial charge on any atom is -0.373 e. The van der Waals surface area contributed by atoms with Crippen LogP contribution in [0.5, 0.6) is 0 Å². The number of nitrogens with zero attached hydrogens (tertiary/aromatic N) is 2. The molecule has 0 aliphatic heterocycles. The molecule has 1 aromatic carbocycles. The monoisotopic (exact) mass is 173 g/mol. The average molecular weight is 173 g/mol. The highest BCUT2D eigenvalue weighted by Gasteiger charge is 2.00. The Morgan fingerprint density at radius 1 is 1.15 bits per heavy atom. The minimum absolute atomic E-state index is 0.992. The summed E-state index contributed by atoms with van der Waals surface area (Å²) in [5.41, 5.74) is 1.07. The molecule has 1 heterocycles. The lowest BCUT2D eigenvalue weighted by Gasteiger charge is -2.05. The number of benzene rings is 1. The Bertz CT molecular complexity index is 378. The molecular formula is C10H11N3. The lowest BCUT2D eigenvalue weighted by Crippen LogP contribution is -2.01. The van der Waals surface area contributed by atoms with Crippen molar-refractivity contribution in [2.24, 2.45) is 0 Å². The molecule has 0 radical (unpaired) electrons. The van der Waals surface area contributed by atoms with Crippen LogP contribution in [0, 0.1) is 0 Å². The summed E-state index contributed by atoms with van der Waals surface area (Å²) in [6, 6.07) is 12.0. The summed E-state index contributed by atoms with van der Waals surface area (Å²) in [4.78, 5) is 0. The van der Waals surface area contributed by atoms with Gasteiger partial charge >= 0.3 is 0 Å². The highest BCUT2D eigenvalue weighted by atomic mass is 15.3. The maximum atomic E-state index is 4.21. The van der Waals surface area contributed by atoms with E-state index in [2.05, 4.69) is 10.4 Å². The Labute approximate surface area is 77.0 Å². The predicted octanol–water partition coefficient (Wildman–Crippen LogP) is 1.91. The second-order valence-electron chi connectivity index (χ2n) is 2.71. The number of aromatic nitrogens is 2. The highest BCUT2D eigenvalue weighted by molar-refractivity contribution is 5.43. The molecule has 0 fully saturated rings. The minimum atomic E-state index is 0.992. The molecule has 0 atom stereocenters. The van der Waals surface area contributed by atoms with Crippen LogP contribution in [-0.4, -0.2) is 16.8 Å². The summed E-state index contributed by atoms with van der Waals surface area (Å²) in [6.07, 6.45) is 1.78. The van der Waals surface area contributed by atoms with E-state index in [1.54, 1.807) is 6.20 Å². The van der Waals surface area contributed by atoms with Gasteiger partial charge in [0.2, 0.25) is 0 Å². The van der Waals surface area contributed by atoms with Gasteiger partial charge in [0.25, 0.3) is 0 Å². The summed E-state index contributed by atoms with van der Waals surface area (Å²) in [6.45, 7) is 0.